The summed E-state index contributed by atoms with van der Waals surface area (Å²) in [6, 6.07) is 6.42. The number of aromatic hydroxyl groups is 1. The Hall–Kier alpha value is -0.670. The fourth-order valence-electron chi connectivity index (χ4n) is 2.11. The second kappa shape index (κ2) is 5.60. The zero-order valence-corrected chi connectivity index (χ0v) is 10.5. The number of phenols is 1. The molecule has 1 saturated heterocycles. The molecule has 2 nitrogen and oxygen atoms in total. The van der Waals surface area contributed by atoms with Crippen molar-refractivity contribution in [3.8, 4) is 5.75 Å². The van der Waals surface area contributed by atoms with Crippen LogP contribution in [-0.2, 0) is 6.54 Å². The van der Waals surface area contributed by atoms with E-state index in [1.54, 1.807) is 6.07 Å². The summed E-state index contributed by atoms with van der Waals surface area (Å²) in [5, 5.41) is 13.1. The lowest BCUT2D eigenvalue weighted by Crippen LogP contribution is -2.32. The van der Waals surface area contributed by atoms with Crippen molar-refractivity contribution in [1.82, 2.24) is 5.32 Å². The highest BCUT2D eigenvalue weighted by Gasteiger charge is 2.12. The Morgan fingerprint density at radius 1 is 1.31 bits per heavy atom. The summed E-state index contributed by atoms with van der Waals surface area (Å²) in [5.74, 6) is 2.92. The standard InChI is InChI=1S/C13H19NOS/c1-10-6-11(8-13(15)7-10)9-14-12-2-4-16-5-3-12/h6-8,12,14-15H,2-5,9H2,1H3. The Morgan fingerprint density at radius 2 is 2.06 bits per heavy atom. The Kier molecular flexibility index (Phi) is 4.13. The van der Waals surface area contributed by atoms with Crippen molar-refractivity contribution in [2.45, 2.75) is 32.4 Å². The Morgan fingerprint density at radius 3 is 2.75 bits per heavy atom. The third-order valence-corrected chi connectivity index (χ3v) is 3.99. The van der Waals surface area contributed by atoms with Gasteiger partial charge in [0.2, 0.25) is 0 Å². The molecule has 0 saturated carbocycles. The average molecular weight is 237 g/mol. The highest BCUT2D eigenvalue weighted by atomic mass is 32.2. The van der Waals surface area contributed by atoms with Gasteiger partial charge in [-0.3, -0.25) is 0 Å². The summed E-state index contributed by atoms with van der Waals surface area (Å²) in [4.78, 5) is 0. The summed E-state index contributed by atoms with van der Waals surface area (Å²) >= 11 is 2.05. The molecular weight excluding hydrogens is 218 g/mol. The van der Waals surface area contributed by atoms with Crippen molar-refractivity contribution in [1.29, 1.82) is 0 Å². The third kappa shape index (κ3) is 3.42. The number of phenolic OH excluding ortho intramolecular Hbond substituents is 1. The van der Waals surface area contributed by atoms with E-state index >= 15 is 0 Å². The Labute approximate surface area is 101 Å². The minimum Gasteiger partial charge on any atom is -0.508 e. The molecule has 1 aromatic rings. The van der Waals surface area contributed by atoms with E-state index in [1.165, 1.54) is 29.9 Å². The molecule has 1 aromatic carbocycles. The molecule has 0 atom stereocenters. The van der Waals surface area contributed by atoms with Crippen LogP contribution in [0.5, 0.6) is 5.75 Å². The van der Waals surface area contributed by atoms with E-state index in [-0.39, 0.29) is 0 Å². The molecule has 16 heavy (non-hydrogen) atoms. The molecule has 0 aliphatic carbocycles. The van der Waals surface area contributed by atoms with Crippen molar-refractivity contribution in [3.05, 3.63) is 29.3 Å². The molecule has 1 fully saturated rings. The molecule has 1 aliphatic rings. The normalized spacial score (nSPS) is 17.6. The first kappa shape index (κ1) is 11.8. The number of benzene rings is 1. The molecule has 1 heterocycles. The van der Waals surface area contributed by atoms with Crippen molar-refractivity contribution in [3.63, 3.8) is 0 Å². The highest BCUT2D eigenvalue weighted by Crippen LogP contribution is 2.18. The first-order chi connectivity index (χ1) is 7.74. The predicted molar refractivity (Wildman–Crippen MR) is 70.0 cm³/mol. The molecule has 88 valence electrons. The van der Waals surface area contributed by atoms with Crippen molar-refractivity contribution in [2.24, 2.45) is 0 Å². The van der Waals surface area contributed by atoms with E-state index in [4.69, 9.17) is 0 Å². The second-order valence-electron chi connectivity index (χ2n) is 4.44. The molecule has 0 spiro atoms. The minimum absolute atomic E-state index is 0.371. The fourth-order valence-corrected chi connectivity index (χ4v) is 3.21. The topological polar surface area (TPSA) is 32.3 Å². The maximum atomic E-state index is 9.50. The predicted octanol–water partition coefficient (Wildman–Crippen LogP) is 2.69. The van der Waals surface area contributed by atoms with Crippen LogP contribution in [0.3, 0.4) is 0 Å². The van der Waals surface area contributed by atoms with Gasteiger partial charge in [-0.1, -0.05) is 6.07 Å². The molecule has 0 bridgehead atoms. The maximum Gasteiger partial charge on any atom is 0.116 e. The van der Waals surface area contributed by atoms with Crippen LogP contribution in [0.25, 0.3) is 0 Å². The minimum atomic E-state index is 0.371. The van der Waals surface area contributed by atoms with Crippen LogP contribution in [0.15, 0.2) is 18.2 Å². The zero-order chi connectivity index (χ0) is 11.4. The van der Waals surface area contributed by atoms with Crippen LogP contribution in [0.4, 0.5) is 0 Å². The van der Waals surface area contributed by atoms with Crippen LogP contribution in [0, 0.1) is 6.92 Å². The average Bonchev–Trinajstić information content (AvgIpc) is 2.27. The Balaban J connectivity index is 1.88. The van der Waals surface area contributed by atoms with Crippen LogP contribution in [-0.4, -0.2) is 22.7 Å². The van der Waals surface area contributed by atoms with Crippen molar-refractivity contribution in [2.75, 3.05) is 11.5 Å². The molecule has 1 aliphatic heterocycles. The van der Waals surface area contributed by atoms with Crippen molar-refractivity contribution < 1.29 is 5.11 Å². The van der Waals surface area contributed by atoms with Gasteiger partial charge in [0, 0.05) is 12.6 Å². The lowest BCUT2D eigenvalue weighted by atomic mass is 10.1. The summed E-state index contributed by atoms with van der Waals surface area (Å²) in [6.45, 7) is 2.88. The van der Waals surface area contributed by atoms with E-state index < -0.39 is 0 Å². The van der Waals surface area contributed by atoms with Gasteiger partial charge in [-0.2, -0.15) is 11.8 Å². The molecule has 3 heteroatoms. The smallest absolute Gasteiger partial charge is 0.116 e. The van der Waals surface area contributed by atoms with Gasteiger partial charge in [-0.05, 0) is 54.5 Å². The summed E-state index contributed by atoms with van der Waals surface area (Å²) < 4.78 is 0. The SMILES string of the molecule is Cc1cc(O)cc(CNC2CCSCC2)c1. The quantitative estimate of drug-likeness (QED) is 0.848. The van der Waals surface area contributed by atoms with Crippen LogP contribution < -0.4 is 5.32 Å². The van der Waals surface area contributed by atoms with Gasteiger partial charge in [-0.25, -0.2) is 0 Å². The molecule has 2 N–H and O–H groups in total. The number of nitrogens with one attached hydrogen (secondary N) is 1. The molecule has 0 unspecified atom stereocenters. The fraction of sp³-hybridized carbons (Fsp3) is 0.538. The van der Waals surface area contributed by atoms with Crippen LogP contribution >= 0.6 is 11.8 Å². The monoisotopic (exact) mass is 237 g/mol. The lowest BCUT2D eigenvalue weighted by molar-refractivity contribution is 0.467. The van der Waals surface area contributed by atoms with E-state index in [2.05, 4.69) is 11.4 Å². The highest BCUT2D eigenvalue weighted by molar-refractivity contribution is 7.99. The summed E-state index contributed by atoms with van der Waals surface area (Å²) in [7, 11) is 0. The molecule has 0 aromatic heterocycles. The van der Waals surface area contributed by atoms with Gasteiger partial charge >= 0.3 is 0 Å². The van der Waals surface area contributed by atoms with Gasteiger partial charge in [0.15, 0.2) is 0 Å². The number of hydrogen-bond acceptors (Lipinski definition) is 3. The number of rotatable bonds is 3. The lowest BCUT2D eigenvalue weighted by Gasteiger charge is -2.22. The largest absolute Gasteiger partial charge is 0.508 e. The van der Waals surface area contributed by atoms with Gasteiger partial charge < -0.3 is 10.4 Å². The molecule has 0 radical (unpaired) electrons. The zero-order valence-electron chi connectivity index (χ0n) is 9.70. The van der Waals surface area contributed by atoms with Gasteiger partial charge in [0.1, 0.15) is 5.75 Å². The van der Waals surface area contributed by atoms with Crippen LogP contribution in [0.1, 0.15) is 24.0 Å². The van der Waals surface area contributed by atoms with Gasteiger partial charge in [0.05, 0.1) is 0 Å². The van der Waals surface area contributed by atoms with E-state index in [1.807, 2.05) is 24.8 Å². The Bertz CT molecular complexity index is 328. The summed E-state index contributed by atoms with van der Waals surface area (Å²) in [5.41, 5.74) is 2.30. The molecule has 0 amide bonds. The number of hydrogen-bond donors (Lipinski definition) is 2. The van der Waals surface area contributed by atoms with E-state index in [9.17, 15) is 5.11 Å². The van der Waals surface area contributed by atoms with Gasteiger partial charge in [0.25, 0.3) is 0 Å². The third-order valence-electron chi connectivity index (χ3n) is 2.94. The van der Waals surface area contributed by atoms with Crippen LogP contribution in [0.2, 0.25) is 0 Å². The first-order valence-corrected chi connectivity index (χ1v) is 7.00. The first-order valence-electron chi connectivity index (χ1n) is 5.85. The molecule has 2 rings (SSSR count). The number of thioether (sulfide) groups is 1. The van der Waals surface area contributed by atoms with E-state index in [0.29, 0.717) is 11.8 Å². The van der Waals surface area contributed by atoms with Gasteiger partial charge in [-0.15, -0.1) is 0 Å². The van der Waals surface area contributed by atoms with Crippen molar-refractivity contribution >= 4 is 11.8 Å². The molecular formula is C13H19NOS. The second-order valence-corrected chi connectivity index (χ2v) is 5.67. The maximum absolute atomic E-state index is 9.50. The number of aryl methyl sites for hydroxylation is 1. The summed E-state index contributed by atoms with van der Waals surface area (Å²) in [6.07, 6.45) is 2.53. The van der Waals surface area contributed by atoms with E-state index in [0.717, 1.165) is 12.1 Å².